The zero-order valence-electron chi connectivity index (χ0n) is 10.5. The molecule has 92 valence electrons. The van der Waals surface area contributed by atoms with Crippen molar-refractivity contribution in [2.75, 3.05) is 27.2 Å². The second kappa shape index (κ2) is 4.34. The Bertz CT molecular complexity index is 282. The lowest BCUT2D eigenvalue weighted by Crippen LogP contribution is -2.45. The highest BCUT2D eigenvalue weighted by Gasteiger charge is 2.45. The van der Waals surface area contributed by atoms with Gasteiger partial charge in [0.15, 0.2) is 0 Å². The summed E-state index contributed by atoms with van der Waals surface area (Å²) in [5, 5.41) is 3.33. The fraction of sp³-hybridized carbons (Fsp3) is 0.917. The first kappa shape index (κ1) is 11.9. The van der Waals surface area contributed by atoms with Crippen molar-refractivity contribution in [1.29, 1.82) is 0 Å². The minimum Gasteiger partial charge on any atom is -0.468 e. The lowest BCUT2D eigenvalue weighted by atomic mass is 9.89. The first-order chi connectivity index (χ1) is 7.57. The van der Waals surface area contributed by atoms with Crippen molar-refractivity contribution in [3.63, 3.8) is 0 Å². The molecule has 4 nitrogen and oxygen atoms in total. The van der Waals surface area contributed by atoms with Gasteiger partial charge in [-0.15, -0.1) is 0 Å². The number of nitrogens with zero attached hydrogens (tertiary/aromatic N) is 1. The van der Waals surface area contributed by atoms with E-state index in [1.165, 1.54) is 26.5 Å². The van der Waals surface area contributed by atoms with Gasteiger partial charge in [0.2, 0.25) is 0 Å². The molecule has 2 saturated heterocycles. The molecule has 0 aromatic carbocycles. The van der Waals surface area contributed by atoms with Crippen LogP contribution < -0.4 is 5.32 Å². The number of hydrogen-bond donors (Lipinski definition) is 1. The van der Waals surface area contributed by atoms with Crippen LogP contribution in [0, 0.1) is 5.92 Å². The molecule has 0 radical (unpaired) electrons. The van der Waals surface area contributed by atoms with Crippen molar-refractivity contribution in [2.45, 2.75) is 37.8 Å². The predicted molar refractivity (Wildman–Crippen MR) is 62.2 cm³/mol. The van der Waals surface area contributed by atoms with Gasteiger partial charge in [-0.2, -0.15) is 0 Å². The zero-order valence-corrected chi connectivity index (χ0v) is 10.5. The Morgan fingerprint density at radius 3 is 2.88 bits per heavy atom. The molecule has 4 heteroatoms. The normalized spacial score (nSPS) is 40.2. The van der Waals surface area contributed by atoms with Crippen molar-refractivity contribution in [3.8, 4) is 0 Å². The number of rotatable bonds is 2. The summed E-state index contributed by atoms with van der Waals surface area (Å²) in [7, 11) is 3.65. The molecule has 0 aromatic rings. The number of nitrogens with one attached hydrogen (secondary N) is 1. The third-order valence-corrected chi connectivity index (χ3v) is 4.18. The number of hydrogen-bond acceptors (Lipinski definition) is 4. The van der Waals surface area contributed by atoms with Crippen LogP contribution in [0.2, 0.25) is 0 Å². The fourth-order valence-corrected chi connectivity index (χ4v) is 3.21. The van der Waals surface area contributed by atoms with E-state index in [0.29, 0.717) is 12.0 Å². The second-order valence-corrected chi connectivity index (χ2v) is 5.36. The molecule has 2 rings (SSSR count). The minimum absolute atomic E-state index is 0.129. The monoisotopic (exact) mass is 226 g/mol. The molecule has 0 spiro atoms. The van der Waals surface area contributed by atoms with Crippen LogP contribution in [0.1, 0.15) is 26.2 Å². The van der Waals surface area contributed by atoms with E-state index in [1.807, 2.05) is 6.92 Å². The SMILES string of the molecule is COC(=O)C1(C)CC(C2CCCN2C)CN1. The van der Waals surface area contributed by atoms with E-state index in [4.69, 9.17) is 4.74 Å². The Morgan fingerprint density at radius 1 is 1.56 bits per heavy atom. The number of carbonyl (C=O) groups excluding carboxylic acids is 1. The summed E-state index contributed by atoms with van der Waals surface area (Å²) in [4.78, 5) is 14.1. The quantitative estimate of drug-likeness (QED) is 0.701. The Labute approximate surface area is 97.3 Å². The third kappa shape index (κ3) is 1.96. The largest absolute Gasteiger partial charge is 0.468 e. The van der Waals surface area contributed by atoms with Crippen LogP contribution in [-0.2, 0) is 9.53 Å². The van der Waals surface area contributed by atoms with Crippen molar-refractivity contribution >= 4 is 5.97 Å². The van der Waals surface area contributed by atoms with Crippen molar-refractivity contribution in [1.82, 2.24) is 10.2 Å². The van der Waals surface area contributed by atoms with Crippen LogP contribution in [-0.4, -0.2) is 49.7 Å². The smallest absolute Gasteiger partial charge is 0.325 e. The molecule has 0 saturated carbocycles. The van der Waals surface area contributed by atoms with Gasteiger partial charge in [0, 0.05) is 12.6 Å². The minimum atomic E-state index is -0.469. The summed E-state index contributed by atoms with van der Waals surface area (Å²) in [6, 6.07) is 0.638. The van der Waals surface area contributed by atoms with Gasteiger partial charge in [0.25, 0.3) is 0 Å². The molecule has 3 unspecified atom stereocenters. The lowest BCUT2D eigenvalue weighted by Gasteiger charge is -2.26. The van der Waals surface area contributed by atoms with Crippen LogP contribution in [0.25, 0.3) is 0 Å². The average Bonchev–Trinajstić information content (AvgIpc) is 2.84. The van der Waals surface area contributed by atoms with Gasteiger partial charge in [-0.05, 0) is 45.7 Å². The molecule has 1 N–H and O–H groups in total. The van der Waals surface area contributed by atoms with E-state index in [1.54, 1.807) is 0 Å². The van der Waals surface area contributed by atoms with Gasteiger partial charge in [0.05, 0.1) is 7.11 Å². The van der Waals surface area contributed by atoms with Crippen molar-refractivity contribution < 1.29 is 9.53 Å². The van der Waals surface area contributed by atoms with E-state index in [2.05, 4.69) is 17.3 Å². The molecule has 3 atom stereocenters. The van der Waals surface area contributed by atoms with E-state index in [9.17, 15) is 4.79 Å². The summed E-state index contributed by atoms with van der Waals surface area (Å²) in [6.45, 7) is 4.07. The van der Waals surface area contributed by atoms with Crippen LogP contribution in [0.4, 0.5) is 0 Å². The maximum atomic E-state index is 11.7. The first-order valence-electron chi connectivity index (χ1n) is 6.10. The molecule has 0 amide bonds. The first-order valence-corrected chi connectivity index (χ1v) is 6.10. The highest BCUT2D eigenvalue weighted by molar-refractivity contribution is 5.80. The predicted octanol–water partition coefficient (Wildman–Crippen LogP) is 0.622. The van der Waals surface area contributed by atoms with E-state index in [0.717, 1.165) is 13.0 Å². The number of esters is 1. The van der Waals surface area contributed by atoms with E-state index >= 15 is 0 Å². The second-order valence-electron chi connectivity index (χ2n) is 5.36. The van der Waals surface area contributed by atoms with Gasteiger partial charge >= 0.3 is 5.97 Å². The van der Waals surface area contributed by atoms with Crippen LogP contribution >= 0.6 is 0 Å². The van der Waals surface area contributed by atoms with Crippen LogP contribution in [0.5, 0.6) is 0 Å². The van der Waals surface area contributed by atoms with Crippen LogP contribution in [0.15, 0.2) is 0 Å². The molecular weight excluding hydrogens is 204 g/mol. The number of carbonyl (C=O) groups is 1. The summed E-state index contributed by atoms with van der Waals surface area (Å²) in [5.41, 5.74) is -0.469. The number of ether oxygens (including phenoxy) is 1. The van der Waals surface area contributed by atoms with E-state index < -0.39 is 5.54 Å². The standard InChI is InChI=1S/C12H22N2O2/c1-12(11(15)16-3)7-9(8-13-12)10-5-4-6-14(10)2/h9-10,13H,4-8H2,1-3H3. The maximum Gasteiger partial charge on any atom is 0.325 e. The average molecular weight is 226 g/mol. The van der Waals surface area contributed by atoms with Gasteiger partial charge < -0.3 is 15.0 Å². The van der Waals surface area contributed by atoms with Gasteiger partial charge in [-0.1, -0.05) is 0 Å². The Kier molecular flexibility index (Phi) is 3.22. The highest BCUT2D eigenvalue weighted by atomic mass is 16.5. The molecular formula is C12H22N2O2. The summed E-state index contributed by atoms with van der Waals surface area (Å²) in [5.74, 6) is 0.451. The summed E-state index contributed by atoms with van der Waals surface area (Å²) >= 11 is 0. The van der Waals surface area contributed by atoms with Crippen LogP contribution in [0.3, 0.4) is 0 Å². The number of likely N-dealkylation sites (tertiary alicyclic amines) is 1. The Hall–Kier alpha value is -0.610. The molecule has 2 aliphatic heterocycles. The maximum absolute atomic E-state index is 11.7. The van der Waals surface area contributed by atoms with E-state index in [-0.39, 0.29) is 5.97 Å². The Morgan fingerprint density at radius 2 is 2.31 bits per heavy atom. The molecule has 2 aliphatic rings. The Balaban J connectivity index is 1.99. The molecule has 0 aromatic heterocycles. The number of methoxy groups -OCH3 is 1. The highest BCUT2D eigenvalue weighted by Crippen LogP contribution is 2.33. The van der Waals surface area contributed by atoms with Crippen molar-refractivity contribution in [3.05, 3.63) is 0 Å². The van der Waals surface area contributed by atoms with Gasteiger partial charge in [-0.3, -0.25) is 4.79 Å². The van der Waals surface area contributed by atoms with Gasteiger partial charge in [0.1, 0.15) is 5.54 Å². The molecule has 2 fully saturated rings. The van der Waals surface area contributed by atoms with Gasteiger partial charge in [-0.25, -0.2) is 0 Å². The van der Waals surface area contributed by atoms with Crippen molar-refractivity contribution in [2.24, 2.45) is 5.92 Å². The topological polar surface area (TPSA) is 41.6 Å². The fourth-order valence-electron chi connectivity index (χ4n) is 3.21. The molecule has 2 heterocycles. The third-order valence-electron chi connectivity index (χ3n) is 4.18. The summed E-state index contributed by atoms with van der Waals surface area (Å²) in [6.07, 6.45) is 3.45. The lowest BCUT2D eigenvalue weighted by molar-refractivity contribution is -0.147. The zero-order chi connectivity index (χ0) is 11.8. The molecule has 16 heavy (non-hydrogen) atoms. The summed E-state index contributed by atoms with van der Waals surface area (Å²) < 4.78 is 4.86. The molecule has 0 aliphatic carbocycles. The molecule has 0 bridgehead atoms.